The fourth-order valence-electron chi connectivity index (χ4n) is 1.37. The quantitative estimate of drug-likeness (QED) is 0.882. The Kier molecular flexibility index (Phi) is 3.35. The molecule has 0 atom stereocenters. The lowest BCUT2D eigenvalue weighted by molar-refractivity contribution is 0.0662. The van der Waals surface area contributed by atoms with Gasteiger partial charge in [-0.25, -0.2) is 9.78 Å². The van der Waals surface area contributed by atoms with Gasteiger partial charge in [0.15, 0.2) is 0 Å². The van der Waals surface area contributed by atoms with E-state index in [9.17, 15) is 4.79 Å². The van der Waals surface area contributed by atoms with E-state index in [0.29, 0.717) is 17.1 Å². The maximum Gasteiger partial charge on any atom is 0.373 e. The van der Waals surface area contributed by atoms with Crippen LogP contribution in [0.15, 0.2) is 31.6 Å². The number of hydrogen-bond donors (Lipinski definition) is 1. The molecule has 0 unspecified atom stereocenters. The highest BCUT2D eigenvalue weighted by atomic mass is 79.9. The van der Waals surface area contributed by atoms with Crippen LogP contribution >= 0.6 is 31.9 Å². The molecule has 0 spiro atoms. The third kappa shape index (κ3) is 2.42. The molecule has 1 heterocycles. The van der Waals surface area contributed by atoms with Crippen molar-refractivity contribution in [3.63, 3.8) is 0 Å². The molecule has 88 valence electrons. The number of halogens is 2. The Morgan fingerprint density at radius 1 is 1.41 bits per heavy atom. The van der Waals surface area contributed by atoms with Gasteiger partial charge in [0.05, 0.1) is 11.3 Å². The van der Waals surface area contributed by atoms with E-state index < -0.39 is 5.97 Å². The average molecular weight is 361 g/mol. The Morgan fingerprint density at radius 3 is 2.65 bits per heavy atom. The first-order chi connectivity index (χ1) is 7.99. The molecule has 0 fully saturated rings. The van der Waals surface area contributed by atoms with Crippen LogP contribution in [0.3, 0.4) is 0 Å². The molecule has 1 N–H and O–H groups in total. The van der Waals surface area contributed by atoms with E-state index in [-0.39, 0.29) is 5.76 Å². The lowest BCUT2D eigenvalue weighted by atomic mass is 10.2. The van der Waals surface area contributed by atoms with Crippen molar-refractivity contribution in [1.82, 2.24) is 4.98 Å². The zero-order valence-corrected chi connectivity index (χ0v) is 11.9. The fourth-order valence-corrected chi connectivity index (χ4v) is 2.59. The van der Waals surface area contributed by atoms with E-state index in [1.165, 1.54) is 0 Å². The molecule has 0 saturated carbocycles. The topological polar surface area (TPSA) is 63.3 Å². The summed E-state index contributed by atoms with van der Waals surface area (Å²) in [6, 6.07) is 5.47. The monoisotopic (exact) mass is 359 g/mol. The largest absolute Gasteiger partial charge is 0.475 e. The Bertz CT molecular complexity index is 592. The second-order valence-corrected chi connectivity index (χ2v) is 5.13. The maximum atomic E-state index is 10.9. The lowest BCUT2D eigenvalue weighted by Gasteiger charge is -1.99. The minimum Gasteiger partial charge on any atom is -0.475 e. The van der Waals surface area contributed by atoms with Crippen LogP contribution in [0, 0.1) is 6.92 Å². The predicted octanol–water partition coefficient (Wildman–Crippen LogP) is 3.87. The molecule has 6 heteroatoms. The highest BCUT2D eigenvalue weighted by Gasteiger charge is 2.18. The van der Waals surface area contributed by atoms with E-state index in [1.54, 1.807) is 13.0 Å². The summed E-state index contributed by atoms with van der Waals surface area (Å²) in [5, 5.41) is 8.89. The van der Waals surface area contributed by atoms with Crippen LogP contribution in [0.25, 0.3) is 11.5 Å². The van der Waals surface area contributed by atoms with Crippen LogP contribution in [0.1, 0.15) is 16.2 Å². The highest BCUT2D eigenvalue weighted by Crippen LogP contribution is 2.31. The third-order valence-corrected chi connectivity index (χ3v) is 3.30. The van der Waals surface area contributed by atoms with Gasteiger partial charge < -0.3 is 9.52 Å². The number of carboxylic acids is 1. The Balaban J connectivity index is 2.53. The van der Waals surface area contributed by atoms with Crippen molar-refractivity contribution in [1.29, 1.82) is 0 Å². The molecule has 2 rings (SSSR count). The molecule has 1 aromatic heterocycles. The number of nitrogens with zero attached hydrogens (tertiary/aromatic N) is 1. The Morgan fingerprint density at radius 2 is 2.12 bits per heavy atom. The van der Waals surface area contributed by atoms with E-state index in [2.05, 4.69) is 36.8 Å². The van der Waals surface area contributed by atoms with E-state index in [4.69, 9.17) is 9.52 Å². The Hall–Kier alpha value is -1.14. The van der Waals surface area contributed by atoms with Crippen molar-refractivity contribution < 1.29 is 14.3 Å². The summed E-state index contributed by atoms with van der Waals surface area (Å²) in [5.41, 5.74) is 1.08. The number of aromatic nitrogens is 1. The molecule has 1 aromatic carbocycles. The number of rotatable bonds is 2. The van der Waals surface area contributed by atoms with Crippen LogP contribution in [0.5, 0.6) is 0 Å². The summed E-state index contributed by atoms with van der Waals surface area (Å²) in [4.78, 5) is 15.0. The number of benzene rings is 1. The number of hydrogen-bond acceptors (Lipinski definition) is 3. The molecular formula is C11H7Br2NO3. The molecule has 4 nitrogen and oxygen atoms in total. The number of oxazole rings is 1. The van der Waals surface area contributed by atoms with Gasteiger partial charge in [-0.15, -0.1) is 0 Å². The molecule has 0 saturated heterocycles. The molecule has 0 bridgehead atoms. The number of carboxylic acid groups (broad SMARTS) is 1. The number of aromatic carboxylic acids is 1. The van der Waals surface area contributed by atoms with Crippen molar-refractivity contribution in [2.75, 3.05) is 0 Å². The third-order valence-electron chi connectivity index (χ3n) is 2.15. The summed E-state index contributed by atoms with van der Waals surface area (Å²) >= 11 is 6.71. The van der Waals surface area contributed by atoms with Crippen LogP contribution < -0.4 is 0 Å². The predicted molar refractivity (Wildman–Crippen MR) is 69.0 cm³/mol. The van der Waals surface area contributed by atoms with Crippen LogP contribution in [-0.2, 0) is 0 Å². The second kappa shape index (κ2) is 4.62. The normalized spacial score (nSPS) is 10.5. The van der Waals surface area contributed by atoms with Crippen molar-refractivity contribution in [2.24, 2.45) is 0 Å². The Labute approximate surface area is 114 Å². The van der Waals surface area contributed by atoms with E-state index in [1.807, 2.05) is 12.1 Å². The first kappa shape index (κ1) is 12.3. The van der Waals surface area contributed by atoms with Gasteiger partial charge in [0.2, 0.25) is 11.7 Å². The van der Waals surface area contributed by atoms with Crippen molar-refractivity contribution in [2.45, 2.75) is 6.92 Å². The molecular weight excluding hydrogens is 354 g/mol. The van der Waals surface area contributed by atoms with Crippen LogP contribution in [-0.4, -0.2) is 16.1 Å². The van der Waals surface area contributed by atoms with Gasteiger partial charge in [0.1, 0.15) is 0 Å². The first-order valence-corrected chi connectivity index (χ1v) is 6.24. The van der Waals surface area contributed by atoms with Gasteiger partial charge in [-0.1, -0.05) is 15.9 Å². The summed E-state index contributed by atoms with van der Waals surface area (Å²) in [6.45, 7) is 1.60. The molecule has 0 amide bonds. The lowest BCUT2D eigenvalue weighted by Crippen LogP contribution is -1.95. The van der Waals surface area contributed by atoms with Crippen molar-refractivity contribution >= 4 is 37.8 Å². The van der Waals surface area contributed by atoms with Gasteiger partial charge >= 0.3 is 5.97 Å². The molecule has 0 aliphatic heterocycles. The van der Waals surface area contributed by atoms with Gasteiger partial charge in [-0.05, 0) is 41.1 Å². The van der Waals surface area contributed by atoms with Crippen LogP contribution in [0.2, 0.25) is 0 Å². The molecule has 0 aliphatic rings. The van der Waals surface area contributed by atoms with Gasteiger partial charge in [-0.2, -0.15) is 0 Å². The first-order valence-electron chi connectivity index (χ1n) is 4.65. The zero-order valence-electron chi connectivity index (χ0n) is 8.70. The van der Waals surface area contributed by atoms with E-state index >= 15 is 0 Å². The summed E-state index contributed by atoms with van der Waals surface area (Å²) in [7, 11) is 0. The van der Waals surface area contributed by atoms with Crippen molar-refractivity contribution in [3.8, 4) is 11.5 Å². The molecule has 2 aromatic rings. The van der Waals surface area contributed by atoms with Crippen molar-refractivity contribution in [3.05, 3.63) is 38.6 Å². The van der Waals surface area contributed by atoms with Gasteiger partial charge in [0.25, 0.3) is 0 Å². The van der Waals surface area contributed by atoms with Crippen LogP contribution in [0.4, 0.5) is 0 Å². The minimum absolute atomic E-state index is 0.130. The summed E-state index contributed by atoms with van der Waals surface area (Å²) < 4.78 is 6.92. The van der Waals surface area contributed by atoms with E-state index in [0.717, 1.165) is 8.95 Å². The SMILES string of the molecule is Cc1nc(-c2ccc(Br)cc2Br)oc1C(=O)O. The van der Waals surface area contributed by atoms with Gasteiger partial charge in [-0.3, -0.25) is 0 Å². The summed E-state index contributed by atoms with van der Waals surface area (Å²) in [6.07, 6.45) is 0. The average Bonchev–Trinajstić information content (AvgIpc) is 2.60. The van der Waals surface area contributed by atoms with Gasteiger partial charge in [0, 0.05) is 8.95 Å². The fraction of sp³-hybridized carbons (Fsp3) is 0.0909. The number of carbonyl (C=O) groups is 1. The standard InChI is InChI=1S/C11H7Br2NO3/c1-5-9(11(15)16)17-10(14-5)7-3-2-6(12)4-8(7)13/h2-4H,1H3,(H,15,16). The maximum absolute atomic E-state index is 10.9. The smallest absolute Gasteiger partial charge is 0.373 e. The molecule has 0 aliphatic carbocycles. The second-order valence-electron chi connectivity index (χ2n) is 3.36. The summed E-state index contributed by atoms with van der Waals surface area (Å²) in [5.74, 6) is -0.955. The molecule has 17 heavy (non-hydrogen) atoms. The molecule has 0 radical (unpaired) electrons. The zero-order chi connectivity index (χ0) is 12.6. The number of aryl methyl sites for hydroxylation is 1. The minimum atomic E-state index is -1.12. The highest BCUT2D eigenvalue weighted by molar-refractivity contribution is 9.11.